The van der Waals surface area contributed by atoms with Crippen molar-refractivity contribution < 1.29 is 34.0 Å². The van der Waals surface area contributed by atoms with Crippen molar-refractivity contribution in [2.45, 2.75) is 104 Å². The van der Waals surface area contributed by atoms with Gasteiger partial charge in [0, 0.05) is 17.4 Å². The van der Waals surface area contributed by atoms with Crippen LogP contribution >= 0.6 is 0 Å². The summed E-state index contributed by atoms with van der Waals surface area (Å²) in [5.41, 5.74) is 3.72. The van der Waals surface area contributed by atoms with Crippen molar-refractivity contribution in [1.82, 2.24) is 0 Å². The molecule has 46 heavy (non-hydrogen) atoms. The lowest BCUT2D eigenvalue weighted by atomic mass is 9.62. The van der Waals surface area contributed by atoms with Crippen molar-refractivity contribution in [3.63, 3.8) is 0 Å². The van der Waals surface area contributed by atoms with E-state index in [0.717, 1.165) is 16.7 Å². The summed E-state index contributed by atoms with van der Waals surface area (Å²) in [7, 11) is 1.38. The molecule has 0 amide bonds. The third-order valence-electron chi connectivity index (χ3n) is 9.76. The second-order valence-corrected chi connectivity index (χ2v) is 14.9. The number of carbonyl (C=O) groups is 2. The number of methoxy groups -OCH3 is 1. The van der Waals surface area contributed by atoms with Gasteiger partial charge in [0.15, 0.2) is 0 Å². The Morgan fingerprint density at radius 1 is 0.978 bits per heavy atom. The highest BCUT2D eigenvalue weighted by atomic mass is 16.6. The minimum absolute atomic E-state index is 0.257. The summed E-state index contributed by atoms with van der Waals surface area (Å²) < 4.78 is 16.6. The molecule has 2 aliphatic heterocycles. The molecule has 0 aromatic heterocycles. The normalized spacial score (nSPS) is 34.9. The Morgan fingerprint density at radius 2 is 1.63 bits per heavy atom. The number of aliphatic hydroxyl groups is 2. The first kappa shape index (κ1) is 35.4. The van der Waals surface area contributed by atoms with Crippen molar-refractivity contribution in [3.8, 4) is 0 Å². The van der Waals surface area contributed by atoms with E-state index in [9.17, 15) is 19.8 Å². The number of aliphatic hydroxyl groups excluding tert-OH is 1. The molecule has 2 N–H and O–H groups in total. The maximum absolute atomic E-state index is 12.5. The molecule has 1 saturated heterocycles. The Hall–Kier alpha value is -3.48. The summed E-state index contributed by atoms with van der Waals surface area (Å²) in [6, 6.07) is 0. The molecule has 7 heteroatoms. The molecule has 4 aliphatic rings. The van der Waals surface area contributed by atoms with Gasteiger partial charge in [-0.3, -0.25) is 4.79 Å². The highest BCUT2D eigenvalue weighted by Crippen LogP contribution is 2.66. The minimum atomic E-state index is -1.15. The fraction of sp³-hybridized carbons (Fsp3) is 0.513. The average molecular weight is 631 g/mol. The van der Waals surface area contributed by atoms with Crippen LogP contribution in [0.25, 0.3) is 0 Å². The predicted octanol–water partition coefficient (Wildman–Crippen LogP) is 7.07. The molecular weight excluding hydrogens is 580 g/mol. The molecular formula is C39H50O7. The maximum Gasteiger partial charge on any atom is 0.343 e. The molecule has 7 nitrogen and oxygen atoms in total. The summed E-state index contributed by atoms with van der Waals surface area (Å²) in [6.07, 6.45) is 22.5. The van der Waals surface area contributed by atoms with Gasteiger partial charge in [0.2, 0.25) is 0 Å². The fourth-order valence-electron chi connectivity index (χ4n) is 7.71. The monoisotopic (exact) mass is 630 g/mol. The zero-order chi connectivity index (χ0) is 34.1. The summed E-state index contributed by atoms with van der Waals surface area (Å²) in [5, 5.41) is 21.4. The molecule has 2 heterocycles. The van der Waals surface area contributed by atoms with E-state index >= 15 is 0 Å². The van der Waals surface area contributed by atoms with E-state index in [-0.39, 0.29) is 17.3 Å². The second kappa shape index (κ2) is 13.0. The summed E-state index contributed by atoms with van der Waals surface area (Å²) >= 11 is 0. The van der Waals surface area contributed by atoms with E-state index in [1.54, 1.807) is 19.1 Å². The Bertz CT molecular complexity index is 1510. The molecule has 2 saturated carbocycles. The molecule has 3 fully saturated rings. The maximum atomic E-state index is 12.5. The standard InChI is InChI=1S/C39H50O7/c1-26(16-17-32-35(3,4)22-29(33(41)44-9)23-37(32,7)43)14-12-10-11-13-15-27(2)20-31-21-28(34(42)45-31)18-19-39-36(5,6)24-30(40)25-38(39,8)46-39/h10-16,18-21,29-30,40,43H,22-25H2,1-9H3. The van der Waals surface area contributed by atoms with Gasteiger partial charge in [0.1, 0.15) is 17.0 Å². The topological polar surface area (TPSA) is 106 Å². The van der Waals surface area contributed by atoms with Crippen molar-refractivity contribution in [1.29, 1.82) is 0 Å². The lowest BCUT2D eigenvalue weighted by Gasteiger charge is -2.44. The van der Waals surface area contributed by atoms with E-state index in [0.29, 0.717) is 37.0 Å². The third kappa shape index (κ3) is 7.39. The highest BCUT2D eigenvalue weighted by Gasteiger charge is 2.74. The quantitative estimate of drug-likeness (QED) is 0.128. The van der Waals surface area contributed by atoms with E-state index < -0.39 is 34.3 Å². The van der Waals surface area contributed by atoms with Crippen molar-refractivity contribution in [2.24, 2.45) is 16.7 Å². The number of hydrogen-bond acceptors (Lipinski definition) is 7. The number of esters is 2. The van der Waals surface area contributed by atoms with Crippen molar-refractivity contribution in [3.05, 3.63) is 101 Å². The first-order chi connectivity index (χ1) is 21.3. The van der Waals surface area contributed by atoms with Gasteiger partial charge in [-0.1, -0.05) is 64.2 Å². The number of ether oxygens (including phenoxy) is 3. The van der Waals surface area contributed by atoms with Gasteiger partial charge in [0.25, 0.3) is 0 Å². The highest BCUT2D eigenvalue weighted by molar-refractivity contribution is 5.95. The van der Waals surface area contributed by atoms with Crippen molar-refractivity contribution >= 4 is 11.9 Å². The Morgan fingerprint density at radius 3 is 2.24 bits per heavy atom. The van der Waals surface area contributed by atoms with Gasteiger partial charge >= 0.3 is 11.9 Å². The molecule has 0 spiro atoms. The van der Waals surface area contributed by atoms with Crippen LogP contribution in [0.1, 0.15) is 81.1 Å². The number of allylic oxidation sites excluding steroid dienone is 10. The Balaban J connectivity index is 1.36. The molecule has 2 aliphatic carbocycles. The van der Waals surface area contributed by atoms with Gasteiger partial charge < -0.3 is 24.4 Å². The van der Waals surface area contributed by atoms with E-state index in [1.807, 2.05) is 89.3 Å². The van der Waals surface area contributed by atoms with Gasteiger partial charge in [0.05, 0.1) is 30.3 Å². The predicted molar refractivity (Wildman–Crippen MR) is 179 cm³/mol. The fourth-order valence-corrected chi connectivity index (χ4v) is 7.71. The molecule has 5 unspecified atom stereocenters. The van der Waals surface area contributed by atoms with E-state index in [1.165, 1.54) is 7.11 Å². The Kier molecular flexibility index (Phi) is 9.97. The lowest BCUT2D eigenvalue weighted by Crippen LogP contribution is -2.46. The third-order valence-corrected chi connectivity index (χ3v) is 9.76. The molecule has 0 aromatic rings. The van der Waals surface area contributed by atoms with Crippen LogP contribution in [0.2, 0.25) is 0 Å². The zero-order valence-electron chi connectivity index (χ0n) is 28.8. The van der Waals surface area contributed by atoms with Gasteiger partial charge in [-0.25, -0.2) is 4.79 Å². The lowest BCUT2D eigenvalue weighted by molar-refractivity contribution is -0.150. The first-order valence-electron chi connectivity index (χ1n) is 16.0. The van der Waals surface area contributed by atoms with E-state index in [4.69, 9.17) is 14.2 Å². The van der Waals surface area contributed by atoms with Crippen LogP contribution in [0.5, 0.6) is 0 Å². The van der Waals surface area contributed by atoms with Gasteiger partial charge in [-0.15, -0.1) is 5.73 Å². The van der Waals surface area contributed by atoms with Crippen LogP contribution in [-0.4, -0.2) is 52.2 Å². The second-order valence-electron chi connectivity index (χ2n) is 14.9. The summed E-state index contributed by atoms with van der Waals surface area (Å²) in [4.78, 5) is 24.7. The van der Waals surface area contributed by atoms with Crippen LogP contribution in [0, 0.1) is 16.7 Å². The largest absolute Gasteiger partial charge is 0.469 e. The van der Waals surface area contributed by atoms with Crippen molar-refractivity contribution in [2.75, 3.05) is 7.11 Å². The number of hydrogen-bond donors (Lipinski definition) is 2. The van der Waals surface area contributed by atoms with Crippen LogP contribution < -0.4 is 0 Å². The molecule has 0 aromatic carbocycles. The molecule has 0 radical (unpaired) electrons. The minimum Gasteiger partial charge on any atom is -0.469 e. The molecule has 4 rings (SSSR count). The van der Waals surface area contributed by atoms with Crippen LogP contribution in [0.15, 0.2) is 101 Å². The molecule has 248 valence electrons. The SMILES string of the molecule is COC(=O)C1CC(C)(C)C(=C=CC(C)=CC=CC=CC=C(C)C=C2C=C(C=CC34OC3(C)CC(O)CC4(C)C)C(=O)O2)C(C)(O)C1. The summed E-state index contributed by atoms with van der Waals surface area (Å²) in [6.45, 7) is 15.9. The number of fused-ring (bicyclic) bond motifs is 1. The smallest absolute Gasteiger partial charge is 0.343 e. The number of carbonyl (C=O) groups excluding carboxylic acids is 2. The van der Waals surface area contributed by atoms with Crippen LogP contribution in [0.4, 0.5) is 0 Å². The van der Waals surface area contributed by atoms with Crippen LogP contribution in [0.3, 0.4) is 0 Å². The zero-order valence-corrected chi connectivity index (χ0v) is 28.8. The van der Waals surface area contributed by atoms with Gasteiger partial charge in [-0.05, 0) is 93.9 Å². The first-order valence-corrected chi connectivity index (χ1v) is 16.0. The molecule has 5 atom stereocenters. The number of rotatable bonds is 8. The number of cyclic esters (lactones) is 1. The average Bonchev–Trinajstić information content (AvgIpc) is 3.41. The molecule has 0 bridgehead atoms. The van der Waals surface area contributed by atoms with Gasteiger partial charge in [-0.2, -0.15) is 0 Å². The van der Waals surface area contributed by atoms with E-state index in [2.05, 4.69) is 19.6 Å². The van der Waals surface area contributed by atoms with Crippen LogP contribution in [-0.2, 0) is 23.8 Å². The number of epoxide rings is 1. The summed E-state index contributed by atoms with van der Waals surface area (Å²) in [5.74, 6) is -0.537. The Labute approximate surface area is 274 Å².